The van der Waals surface area contributed by atoms with Crippen LogP contribution in [0.25, 0.3) is 0 Å². The fraction of sp³-hybridized carbons (Fsp3) is 0.222. The van der Waals surface area contributed by atoms with Crippen LogP contribution in [0.4, 0.5) is 0 Å². The Morgan fingerprint density at radius 3 is 2.62 bits per heavy atom. The molecule has 0 aliphatic heterocycles. The number of halogens is 1. The molecule has 13 heavy (non-hydrogen) atoms. The molecule has 1 rings (SSSR count). The van der Waals surface area contributed by atoms with E-state index in [-0.39, 0.29) is 11.5 Å². The number of phenols is 1. The number of Topliss-reactive ketones (excluding diaryl/α,β-unsaturated/α-hetero) is 1. The number of carbonyl (C=O) groups excluding carboxylic acids is 1. The Hall–Kier alpha value is -0.780. The van der Waals surface area contributed by atoms with Crippen molar-refractivity contribution in [3.05, 3.63) is 21.3 Å². The van der Waals surface area contributed by atoms with Gasteiger partial charge in [-0.15, -0.1) is 0 Å². The Balaban J connectivity index is 3.28. The third-order valence-corrected chi connectivity index (χ3v) is 2.49. The lowest BCUT2D eigenvalue weighted by molar-refractivity contribution is 0.101. The molecule has 1 N–H and O–H groups in total. The van der Waals surface area contributed by atoms with Gasteiger partial charge >= 0.3 is 0 Å². The van der Waals surface area contributed by atoms with Crippen molar-refractivity contribution >= 4 is 28.4 Å². The molecule has 0 atom stereocenters. The van der Waals surface area contributed by atoms with Gasteiger partial charge in [-0.1, -0.05) is 0 Å². The normalized spacial score (nSPS) is 9.77. The number of ether oxygens (including phenoxy) is 1. The SMILES string of the molecule is COc1cc(O)c(C(C)=O)cc1I. The minimum atomic E-state index is -0.155. The van der Waals surface area contributed by atoms with E-state index >= 15 is 0 Å². The van der Waals surface area contributed by atoms with E-state index in [0.29, 0.717) is 11.3 Å². The van der Waals surface area contributed by atoms with Gasteiger partial charge in [0.25, 0.3) is 0 Å². The van der Waals surface area contributed by atoms with Crippen molar-refractivity contribution in [1.29, 1.82) is 0 Å². The molecule has 0 spiro atoms. The summed E-state index contributed by atoms with van der Waals surface area (Å²) in [6.45, 7) is 1.41. The standard InChI is InChI=1S/C9H9IO3/c1-5(11)6-3-7(10)9(13-2)4-8(6)12/h3-4,12H,1-2H3. The number of hydrogen-bond acceptors (Lipinski definition) is 3. The molecule has 0 fully saturated rings. The van der Waals surface area contributed by atoms with E-state index in [0.717, 1.165) is 3.57 Å². The molecule has 0 saturated carbocycles. The Morgan fingerprint density at radius 2 is 2.15 bits per heavy atom. The summed E-state index contributed by atoms with van der Waals surface area (Å²) < 4.78 is 5.79. The van der Waals surface area contributed by atoms with Crippen molar-refractivity contribution in [2.45, 2.75) is 6.92 Å². The van der Waals surface area contributed by atoms with Crippen LogP contribution < -0.4 is 4.74 Å². The number of carbonyl (C=O) groups is 1. The average Bonchev–Trinajstić information content (AvgIpc) is 2.07. The highest BCUT2D eigenvalue weighted by Crippen LogP contribution is 2.29. The van der Waals surface area contributed by atoms with Crippen molar-refractivity contribution in [3.63, 3.8) is 0 Å². The summed E-state index contributed by atoms with van der Waals surface area (Å²) in [7, 11) is 1.52. The van der Waals surface area contributed by atoms with Gasteiger partial charge in [-0.2, -0.15) is 0 Å². The summed E-state index contributed by atoms with van der Waals surface area (Å²) in [5.74, 6) is 0.380. The van der Waals surface area contributed by atoms with Gasteiger partial charge in [0.05, 0.1) is 16.2 Å². The molecule has 0 unspecified atom stereocenters. The van der Waals surface area contributed by atoms with E-state index in [2.05, 4.69) is 0 Å². The minimum Gasteiger partial charge on any atom is -0.507 e. The summed E-state index contributed by atoms with van der Waals surface area (Å²) in [5.41, 5.74) is 0.324. The molecular weight excluding hydrogens is 283 g/mol. The first-order valence-electron chi connectivity index (χ1n) is 3.63. The lowest BCUT2D eigenvalue weighted by Crippen LogP contribution is -1.95. The van der Waals surface area contributed by atoms with E-state index in [1.807, 2.05) is 22.6 Å². The van der Waals surface area contributed by atoms with Crippen LogP contribution in [0.1, 0.15) is 17.3 Å². The second-order valence-corrected chi connectivity index (χ2v) is 3.72. The fourth-order valence-electron chi connectivity index (χ4n) is 0.981. The fourth-order valence-corrected chi connectivity index (χ4v) is 1.67. The summed E-state index contributed by atoms with van der Waals surface area (Å²) in [4.78, 5) is 11.0. The molecule has 0 saturated heterocycles. The highest BCUT2D eigenvalue weighted by atomic mass is 127. The first-order chi connectivity index (χ1) is 6.06. The number of benzene rings is 1. The zero-order valence-electron chi connectivity index (χ0n) is 7.30. The van der Waals surface area contributed by atoms with Gasteiger partial charge in [-0.25, -0.2) is 0 Å². The van der Waals surface area contributed by atoms with Crippen LogP contribution in [0.2, 0.25) is 0 Å². The van der Waals surface area contributed by atoms with E-state index in [1.165, 1.54) is 20.1 Å². The van der Waals surface area contributed by atoms with Crippen molar-refractivity contribution in [3.8, 4) is 11.5 Å². The van der Waals surface area contributed by atoms with Crippen LogP contribution in [-0.4, -0.2) is 18.0 Å². The average molecular weight is 292 g/mol. The van der Waals surface area contributed by atoms with Crippen LogP contribution >= 0.6 is 22.6 Å². The highest BCUT2D eigenvalue weighted by molar-refractivity contribution is 14.1. The smallest absolute Gasteiger partial charge is 0.163 e. The molecule has 0 heterocycles. The van der Waals surface area contributed by atoms with Gasteiger partial charge in [0.2, 0.25) is 0 Å². The van der Waals surface area contributed by atoms with Gasteiger partial charge in [0, 0.05) is 6.07 Å². The summed E-state index contributed by atoms with van der Waals surface area (Å²) in [5, 5.41) is 9.41. The second-order valence-electron chi connectivity index (χ2n) is 2.56. The first-order valence-corrected chi connectivity index (χ1v) is 4.71. The molecule has 0 radical (unpaired) electrons. The molecule has 1 aromatic carbocycles. The molecular formula is C9H9IO3. The van der Waals surface area contributed by atoms with Gasteiger partial charge in [0.1, 0.15) is 11.5 Å². The van der Waals surface area contributed by atoms with Gasteiger partial charge in [0.15, 0.2) is 5.78 Å². The monoisotopic (exact) mass is 292 g/mol. The van der Waals surface area contributed by atoms with Crippen molar-refractivity contribution in [2.75, 3.05) is 7.11 Å². The third kappa shape index (κ3) is 2.12. The third-order valence-electron chi connectivity index (χ3n) is 1.65. The molecule has 1 aromatic rings. The van der Waals surface area contributed by atoms with E-state index in [4.69, 9.17) is 4.74 Å². The van der Waals surface area contributed by atoms with Crippen LogP contribution in [0.5, 0.6) is 11.5 Å². The summed E-state index contributed by atoms with van der Waals surface area (Å²) >= 11 is 2.05. The van der Waals surface area contributed by atoms with Crippen LogP contribution in [0, 0.1) is 3.57 Å². The molecule has 0 aromatic heterocycles. The number of ketones is 1. The number of rotatable bonds is 2. The Kier molecular flexibility index (Phi) is 3.13. The van der Waals surface area contributed by atoms with Gasteiger partial charge in [-0.3, -0.25) is 4.79 Å². The molecule has 0 amide bonds. The first kappa shape index (κ1) is 10.3. The maximum absolute atomic E-state index is 11.0. The minimum absolute atomic E-state index is 0.0373. The Bertz CT molecular complexity index is 347. The predicted molar refractivity (Wildman–Crippen MR) is 57.4 cm³/mol. The van der Waals surface area contributed by atoms with E-state index in [9.17, 15) is 9.90 Å². The number of hydrogen-bond donors (Lipinski definition) is 1. The van der Waals surface area contributed by atoms with Crippen LogP contribution in [0.3, 0.4) is 0 Å². The molecule has 4 heteroatoms. The lowest BCUT2D eigenvalue weighted by Gasteiger charge is -2.06. The maximum atomic E-state index is 11.0. The molecule has 0 aliphatic rings. The summed E-state index contributed by atoms with van der Waals surface area (Å²) in [6, 6.07) is 3.05. The predicted octanol–water partition coefficient (Wildman–Crippen LogP) is 2.21. The number of methoxy groups -OCH3 is 1. The van der Waals surface area contributed by atoms with Crippen LogP contribution in [-0.2, 0) is 0 Å². The zero-order chi connectivity index (χ0) is 10.0. The number of phenolic OH excluding ortho intramolecular Hbond substituents is 1. The van der Waals surface area contributed by atoms with Crippen molar-refractivity contribution < 1.29 is 14.6 Å². The van der Waals surface area contributed by atoms with Crippen LogP contribution in [0.15, 0.2) is 12.1 Å². The quantitative estimate of drug-likeness (QED) is 0.671. The molecule has 0 aliphatic carbocycles. The Labute approximate surface area is 89.9 Å². The highest BCUT2D eigenvalue weighted by Gasteiger charge is 2.10. The van der Waals surface area contributed by atoms with Crippen molar-refractivity contribution in [2.24, 2.45) is 0 Å². The van der Waals surface area contributed by atoms with Crippen molar-refractivity contribution in [1.82, 2.24) is 0 Å². The lowest BCUT2D eigenvalue weighted by atomic mass is 10.1. The van der Waals surface area contributed by atoms with E-state index in [1.54, 1.807) is 6.07 Å². The molecule has 3 nitrogen and oxygen atoms in total. The molecule has 0 bridgehead atoms. The van der Waals surface area contributed by atoms with Gasteiger partial charge < -0.3 is 9.84 Å². The molecule has 70 valence electrons. The van der Waals surface area contributed by atoms with E-state index < -0.39 is 0 Å². The topological polar surface area (TPSA) is 46.5 Å². The van der Waals surface area contributed by atoms with Gasteiger partial charge in [-0.05, 0) is 35.6 Å². The Morgan fingerprint density at radius 1 is 1.54 bits per heavy atom. The summed E-state index contributed by atoms with van der Waals surface area (Å²) in [6.07, 6.45) is 0. The number of aromatic hydroxyl groups is 1. The largest absolute Gasteiger partial charge is 0.507 e. The second kappa shape index (κ2) is 3.95. The zero-order valence-corrected chi connectivity index (χ0v) is 9.45. The maximum Gasteiger partial charge on any atom is 0.163 e.